The number of anilines is 1. The van der Waals surface area contributed by atoms with Crippen LogP contribution < -0.4 is 5.32 Å². The van der Waals surface area contributed by atoms with Crippen molar-refractivity contribution in [1.82, 2.24) is 22.9 Å². The van der Waals surface area contributed by atoms with E-state index in [0.717, 1.165) is 37.4 Å². The van der Waals surface area contributed by atoms with Crippen LogP contribution in [0, 0.1) is 5.92 Å². The quantitative estimate of drug-likeness (QED) is 0.494. The number of benzene rings is 1. The summed E-state index contributed by atoms with van der Waals surface area (Å²) >= 11 is 2.34. The highest BCUT2D eigenvalue weighted by molar-refractivity contribution is 7.89. The zero-order chi connectivity index (χ0) is 24.4. The lowest BCUT2D eigenvalue weighted by Gasteiger charge is -2.39. The molecule has 5 rings (SSSR count). The van der Waals surface area contributed by atoms with Crippen LogP contribution in [0.3, 0.4) is 0 Å². The number of thiazole rings is 1. The topological polar surface area (TPSA) is 125 Å². The van der Waals surface area contributed by atoms with E-state index in [9.17, 15) is 18.0 Å². The monoisotopic (exact) mass is 534 g/mol. The van der Waals surface area contributed by atoms with Crippen LogP contribution in [0.4, 0.5) is 5.13 Å². The maximum absolute atomic E-state index is 13.3. The molecule has 2 fully saturated rings. The number of fused-ring (bicyclic) bond motifs is 1. The van der Waals surface area contributed by atoms with Gasteiger partial charge in [0.05, 0.1) is 23.2 Å². The van der Waals surface area contributed by atoms with Gasteiger partial charge in [-0.3, -0.25) is 9.59 Å². The summed E-state index contributed by atoms with van der Waals surface area (Å²) in [5.74, 6) is -0.271. The Labute approximate surface area is 211 Å². The molecule has 13 heteroatoms. The molecule has 35 heavy (non-hydrogen) atoms. The van der Waals surface area contributed by atoms with Gasteiger partial charge in [0.15, 0.2) is 5.13 Å². The van der Waals surface area contributed by atoms with E-state index in [0.29, 0.717) is 28.5 Å². The summed E-state index contributed by atoms with van der Waals surface area (Å²) in [6.45, 7) is -0.0320. The number of nitrogens with zero attached hydrogens (tertiary/aromatic N) is 5. The van der Waals surface area contributed by atoms with Gasteiger partial charge in [-0.1, -0.05) is 32.1 Å². The van der Waals surface area contributed by atoms with Gasteiger partial charge in [-0.05, 0) is 30.5 Å². The summed E-state index contributed by atoms with van der Waals surface area (Å²) in [6, 6.07) is 3.94. The standard InChI is InChI=1S/C22H26N6O4S3/c29-20-14-27(35(31,32)16-6-7-17-18(13-16)26-34-25-17)9-10-28(20)19(12-15-4-2-1-3-5-15)21(30)24-22-23-8-11-33-22/h6-8,11,13,15,19H,1-5,9-10,12,14H2,(H,23,24,30). The van der Waals surface area contributed by atoms with E-state index >= 15 is 0 Å². The second kappa shape index (κ2) is 10.2. The maximum Gasteiger partial charge on any atom is 0.248 e. The first-order valence-corrected chi connectivity index (χ1v) is 14.7. The summed E-state index contributed by atoms with van der Waals surface area (Å²) in [5.41, 5.74) is 1.14. The molecule has 0 radical (unpaired) electrons. The Hall–Kier alpha value is -2.48. The smallest absolute Gasteiger partial charge is 0.248 e. The molecule has 1 aliphatic heterocycles. The molecule has 1 unspecified atom stereocenters. The number of carbonyl (C=O) groups excluding carboxylic acids is 2. The highest BCUT2D eigenvalue weighted by Crippen LogP contribution is 2.30. The van der Waals surface area contributed by atoms with Crippen LogP contribution in [0.2, 0.25) is 0 Å². The van der Waals surface area contributed by atoms with Gasteiger partial charge in [-0.2, -0.15) is 13.1 Å². The molecule has 1 aromatic carbocycles. The van der Waals surface area contributed by atoms with E-state index in [1.807, 2.05) is 0 Å². The molecule has 1 atom stereocenters. The van der Waals surface area contributed by atoms with Crippen LogP contribution in [-0.2, 0) is 19.6 Å². The minimum absolute atomic E-state index is 0.0826. The molecule has 1 N–H and O–H groups in total. The number of hydrogen-bond acceptors (Lipinski definition) is 9. The molecule has 186 valence electrons. The fourth-order valence-corrected chi connectivity index (χ4v) is 7.31. The van der Waals surface area contributed by atoms with Crippen molar-refractivity contribution in [3.05, 3.63) is 29.8 Å². The highest BCUT2D eigenvalue weighted by Gasteiger charge is 2.39. The van der Waals surface area contributed by atoms with E-state index in [-0.39, 0.29) is 36.3 Å². The van der Waals surface area contributed by atoms with Crippen molar-refractivity contribution < 1.29 is 18.0 Å². The average molecular weight is 535 g/mol. The molecule has 2 aromatic heterocycles. The van der Waals surface area contributed by atoms with Gasteiger partial charge >= 0.3 is 0 Å². The van der Waals surface area contributed by atoms with Gasteiger partial charge in [0.1, 0.15) is 17.1 Å². The van der Waals surface area contributed by atoms with Crippen molar-refractivity contribution in [2.75, 3.05) is 25.0 Å². The van der Waals surface area contributed by atoms with Crippen molar-refractivity contribution in [2.24, 2.45) is 5.92 Å². The fraction of sp³-hybridized carbons (Fsp3) is 0.500. The first-order valence-electron chi connectivity index (χ1n) is 11.6. The highest BCUT2D eigenvalue weighted by atomic mass is 32.2. The number of rotatable bonds is 7. The van der Waals surface area contributed by atoms with Gasteiger partial charge < -0.3 is 10.2 Å². The zero-order valence-electron chi connectivity index (χ0n) is 19.0. The summed E-state index contributed by atoms with van der Waals surface area (Å²) < 4.78 is 35.9. The molecule has 0 spiro atoms. The number of carbonyl (C=O) groups is 2. The third-order valence-corrected chi connectivity index (χ3v) is 9.79. The van der Waals surface area contributed by atoms with Gasteiger partial charge in [0.25, 0.3) is 0 Å². The molecule has 1 aliphatic carbocycles. The molecular weight excluding hydrogens is 508 g/mol. The van der Waals surface area contributed by atoms with Gasteiger partial charge in [0, 0.05) is 24.7 Å². The van der Waals surface area contributed by atoms with Crippen LogP contribution in [-0.4, -0.2) is 68.8 Å². The van der Waals surface area contributed by atoms with E-state index < -0.39 is 16.1 Å². The lowest BCUT2D eigenvalue weighted by atomic mass is 9.84. The number of nitrogens with one attached hydrogen (secondary N) is 1. The first kappa shape index (κ1) is 24.2. The lowest BCUT2D eigenvalue weighted by Crippen LogP contribution is -2.58. The molecule has 10 nitrogen and oxygen atoms in total. The van der Waals surface area contributed by atoms with Crippen molar-refractivity contribution in [3.63, 3.8) is 0 Å². The Balaban J connectivity index is 1.33. The Morgan fingerprint density at radius 2 is 1.94 bits per heavy atom. The van der Waals surface area contributed by atoms with Crippen LogP contribution in [0.5, 0.6) is 0 Å². The zero-order valence-corrected chi connectivity index (χ0v) is 21.4. The maximum atomic E-state index is 13.3. The number of hydrogen-bond donors (Lipinski definition) is 1. The number of aromatic nitrogens is 3. The molecule has 2 aliphatic rings. The van der Waals surface area contributed by atoms with Crippen molar-refractivity contribution >= 4 is 61.1 Å². The number of sulfonamides is 1. The SMILES string of the molecule is O=C(Nc1nccs1)C(CC1CCCCC1)N1CCN(S(=O)(=O)c2ccc3nsnc3c2)CC1=O. The Morgan fingerprint density at radius 1 is 1.14 bits per heavy atom. The summed E-state index contributed by atoms with van der Waals surface area (Å²) in [4.78, 5) is 32.3. The van der Waals surface area contributed by atoms with Gasteiger partial charge in [0.2, 0.25) is 21.8 Å². The second-order valence-electron chi connectivity index (χ2n) is 8.92. The van der Waals surface area contributed by atoms with E-state index in [1.54, 1.807) is 22.5 Å². The van der Waals surface area contributed by atoms with Crippen LogP contribution >= 0.6 is 23.1 Å². The molecule has 3 heterocycles. The third-order valence-electron chi connectivity index (χ3n) is 6.71. The molecule has 3 aromatic rings. The Morgan fingerprint density at radius 3 is 2.69 bits per heavy atom. The van der Waals surface area contributed by atoms with E-state index in [2.05, 4.69) is 19.0 Å². The predicted molar refractivity (Wildman–Crippen MR) is 134 cm³/mol. The van der Waals surface area contributed by atoms with E-state index in [1.165, 1.54) is 34.2 Å². The molecule has 0 bridgehead atoms. The number of piperazine rings is 1. The van der Waals surface area contributed by atoms with Crippen molar-refractivity contribution in [3.8, 4) is 0 Å². The Kier molecular flexibility index (Phi) is 7.09. The largest absolute Gasteiger partial charge is 0.328 e. The third kappa shape index (κ3) is 5.22. The minimum atomic E-state index is -3.89. The summed E-state index contributed by atoms with van der Waals surface area (Å²) in [6.07, 6.45) is 7.72. The molecular formula is C22H26N6O4S3. The van der Waals surface area contributed by atoms with Crippen LogP contribution in [0.15, 0.2) is 34.7 Å². The number of amides is 2. The normalized spacial score (nSPS) is 19.2. The summed E-state index contributed by atoms with van der Waals surface area (Å²) in [7, 11) is -3.89. The van der Waals surface area contributed by atoms with Gasteiger partial charge in [-0.25, -0.2) is 13.4 Å². The summed E-state index contributed by atoms with van der Waals surface area (Å²) in [5, 5.41) is 5.11. The Bertz CT molecular complexity index is 1300. The minimum Gasteiger partial charge on any atom is -0.328 e. The van der Waals surface area contributed by atoms with Crippen molar-refractivity contribution in [1.29, 1.82) is 0 Å². The molecule has 2 amide bonds. The predicted octanol–water partition coefficient (Wildman–Crippen LogP) is 2.96. The lowest BCUT2D eigenvalue weighted by molar-refractivity contribution is -0.142. The molecule has 1 saturated heterocycles. The first-order chi connectivity index (χ1) is 16.9. The van der Waals surface area contributed by atoms with Crippen molar-refractivity contribution in [2.45, 2.75) is 49.5 Å². The average Bonchev–Trinajstić information content (AvgIpc) is 3.55. The van der Waals surface area contributed by atoms with E-state index in [4.69, 9.17) is 0 Å². The molecule has 1 saturated carbocycles. The van der Waals surface area contributed by atoms with Crippen LogP contribution in [0.1, 0.15) is 38.5 Å². The second-order valence-corrected chi connectivity index (χ2v) is 12.3. The fourth-order valence-electron chi connectivity index (χ4n) is 4.86. The van der Waals surface area contributed by atoms with Gasteiger partial charge in [-0.15, -0.1) is 11.3 Å². The van der Waals surface area contributed by atoms with Crippen LogP contribution in [0.25, 0.3) is 11.0 Å².